The van der Waals surface area contributed by atoms with E-state index in [2.05, 4.69) is 45.1 Å². The van der Waals surface area contributed by atoms with Gasteiger partial charge in [-0.3, -0.25) is 18.8 Å². The first-order valence-electron chi connectivity index (χ1n) is 18.0. The maximum absolute atomic E-state index is 14.4. The Morgan fingerprint density at radius 2 is 0.971 bits per heavy atom. The van der Waals surface area contributed by atoms with Crippen LogP contribution in [0, 0.1) is 11.6 Å². The Morgan fingerprint density at radius 3 is 1.26 bits per heavy atom. The van der Waals surface area contributed by atoms with E-state index in [1.54, 1.807) is 21.0 Å². The molecular weight excluding hydrogens is 1130 g/mol. The third kappa shape index (κ3) is 12.6. The monoisotopic (exact) mass is 1160 g/mol. The van der Waals surface area contributed by atoms with Gasteiger partial charge >= 0.3 is 53.6 Å². The molecule has 0 aliphatic heterocycles. The second kappa shape index (κ2) is 22.0. The molecule has 2 fully saturated rings. The molecule has 0 spiro atoms. The van der Waals surface area contributed by atoms with Crippen LogP contribution < -0.4 is 9.47 Å². The molecule has 0 saturated heterocycles. The van der Waals surface area contributed by atoms with E-state index in [4.69, 9.17) is 32.7 Å². The van der Waals surface area contributed by atoms with Crippen LogP contribution in [0.1, 0.15) is 65.0 Å². The van der Waals surface area contributed by atoms with Gasteiger partial charge in [-0.15, -0.1) is 20.4 Å². The van der Waals surface area contributed by atoms with Crippen molar-refractivity contribution in [3.8, 4) is 34.3 Å². The molecule has 6 aromatic rings. The number of alkyl halides is 14. The zero-order valence-electron chi connectivity index (χ0n) is 33.0. The number of rotatable bonds is 9. The van der Waals surface area contributed by atoms with Crippen LogP contribution in [0.4, 0.5) is 65.9 Å². The first kappa shape index (κ1) is 59.0. The molecule has 8 rings (SSSR count). The average molecular weight is 1160 g/mol. The molecule has 0 bridgehead atoms. The molecule has 70 heavy (non-hydrogen) atoms. The molecule has 6 aromatic heterocycles. The van der Waals surface area contributed by atoms with E-state index >= 15 is 0 Å². The molecule has 34 heteroatoms. The molecule has 2 saturated carbocycles. The van der Waals surface area contributed by atoms with Crippen LogP contribution in [0.15, 0.2) is 49.3 Å². The molecule has 6 heterocycles. The summed E-state index contributed by atoms with van der Waals surface area (Å²) in [7, 11) is -3.14. The summed E-state index contributed by atoms with van der Waals surface area (Å²) in [5, 5.41) is 9.89. The molecular formula is C36H31AgClF15N10O6S-. The summed E-state index contributed by atoms with van der Waals surface area (Å²) in [6.45, 7) is 0. The number of methoxy groups -OCH3 is 1. The minimum absolute atomic E-state index is 0. The summed E-state index contributed by atoms with van der Waals surface area (Å²) < 4.78 is 236. The van der Waals surface area contributed by atoms with Gasteiger partial charge in [-0.1, -0.05) is 14.9 Å². The number of halogens is 16. The van der Waals surface area contributed by atoms with Crippen molar-refractivity contribution in [2.45, 2.75) is 93.9 Å². The summed E-state index contributed by atoms with van der Waals surface area (Å²) in [6, 6.07) is 1.71. The van der Waals surface area contributed by atoms with E-state index < -0.39 is 86.3 Å². The minimum atomic E-state index is -5.08. The predicted octanol–water partition coefficient (Wildman–Crippen LogP) is 10.3. The van der Waals surface area contributed by atoms with Crippen LogP contribution in [0.3, 0.4) is 0 Å². The van der Waals surface area contributed by atoms with Crippen molar-refractivity contribution in [3.05, 3.63) is 72.6 Å². The Kier molecular flexibility index (Phi) is 18.5. The van der Waals surface area contributed by atoms with Gasteiger partial charge < -0.3 is 22.6 Å². The van der Waals surface area contributed by atoms with Gasteiger partial charge in [0.1, 0.15) is 0 Å². The molecule has 0 unspecified atom stereocenters. The number of hydrogen-bond donors (Lipinski definition) is 0. The second-order valence-corrected chi connectivity index (χ2v) is 15.3. The van der Waals surface area contributed by atoms with Gasteiger partial charge in [-0.2, -0.15) is 57.1 Å². The van der Waals surface area contributed by atoms with Gasteiger partial charge in [0.25, 0.3) is 11.8 Å². The van der Waals surface area contributed by atoms with Crippen molar-refractivity contribution in [3.63, 3.8) is 0 Å². The number of hydrogen-bond acceptors (Lipinski definition) is 15. The van der Waals surface area contributed by atoms with Crippen LogP contribution in [0.25, 0.3) is 33.8 Å². The first-order chi connectivity index (χ1) is 31.5. The molecule has 0 N–H and O–H groups in total. The standard InChI is InChI=1S/C17H13F6N5O2.C16H10ClF6N5O.CF3O2S.2CH4.Ag.O/c1-29-16(19,20)14-27-26-12-7-24-11(8-28(12)14)9-5-10(18)13(25-6-9)30-15(3-2-4-15)17(21,22)23;17-15(19,20)13-27-26-11-6-24-10(7-28(11)13)8-4-9(18)12(25-5-8)29-14(2-1-3-14)16(21,22)23;2-1(3,4)7(5)6;;;;/h5-8H,2-4H2,1H3;4-7H,1-3H2;;2*1H4;;/q;;-1;;;;. The molecule has 2 aliphatic carbocycles. The van der Waals surface area contributed by atoms with Crippen LogP contribution in [0.5, 0.6) is 11.8 Å². The number of nitrogens with zero attached hydrogens (tertiary/aromatic N) is 10. The van der Waals surface area contributed by atoms with Crippen LogP contribution in [0.2, 0.25) is 0 Å². The van der Waals surface area contributed by atoms with Gasteiger partial charge in [-0.25, -0.2) is 18.7 Å². The number of aromatic nitrogens is 10. The topological polar surface area (TPSA) is 191 Å². The van der Waals surface area contributed by atoms with Gasteiger partial charge in [0.15, 0.2) is 22.9 Å². The molecule has 0 amide bonds. The van der Waals surface area contributed by atoms with E-state index in [9.17, 15) is 65.9 Å². The van der Waals surface area contributed by atoms with Crippen molar-refractivity contribution < 1.29 is 113 Å². The van der Waals surface area contributed by atoms with Gasteiger partial charge in [0.05, 0.1) is 23.8 Å². The van der Waals surface area contributed by atoms with Crippen LogP contribution in [-0.4, -0.2) is 85.3 Å². The molecule has 0 radical (unpaired) electrons. The summed E-state index contributed by atoms with van der Waals surface area (Å²) in [6.07, 6.45) is -7.16. The fourth-order valence-electron chi connectivity index (χ4n) is 5.92. The van der Waals surface area contributed by atoms with Crippen molar-refractivity contribution >= 4 is 33.6 Å². The average Bonchev–Trinajstić information content (AvgIpc) is 3.86. The number of fused-ring (bicyclic) bond motifs is 2. The number of ether oxygens (including phenoxy) is 3. The van der Waals surface area contributed by atoms with E-state index in [1.165, 1.54) is 0 Å². The Morgan fingerprint density at radius 1 is 0.614 bits per heavy atom. The molecule has 16 nitrogen and oxygen atoms in total. The van der Waals surface area contributed by atoms with E-state index in [-0.39, 0.29) is 74.3 Å². The van der Waals surface area contributed by atoms with Crippen LogP contribution >= 0.6 is 11.6 Å². The zero-order chi connectivity index (χ0) is 50.8. The quantitative estimate of drug-likeness (QED) is 0.0575. The fraction of sp³-hybridized carbons (Fsp3) is 0.444. The molecule has 2 aliphatic rings. The Bertz CT molecular complexity index is 2830. The second-order valence-electron chi connectivity index (χ2n) is 13.9. The van der Waals surface area contributed by atoms with Crippen molar-refractivity contribution in [2.24, 2.45) is 0 Å². The number of pyridine rings is 2. The molecule has 391 valence electrons. The van der Waals surface area contributed by atoms with Gasteiger partial charge in [-0.05, 0) is 62.3 Å². The summed E-state index contributed by atoms with van der Waals surface area (Å²) >= 11 is 6.68. The normalized spacial score (nSPS) is 15.3. The summed E-state index contributed by atoms with van der Waals surface area (Å²) in [4.78, 5) is 15.2. The zero-order valence-corrected chi connectivity index (χ0v) is 36.1. The summed E-state index contributed by atoms with van der Waals surface area (Å²) in [5.74, 6) is -5.59. The van der Waals surface area contributed by atoms with Gasteiger partial charge in [0, 0.05) is 53.7 Å². The van der Waals surface area contributed by atoms with Crippen molar-refractivity contribution in [2.75, 3.05) is 7.11 Å². The van der Waals surface area contributed by atoms with E-state index in [0.717, 1.165) is 65.2 Å². The Hall–Kier alpha value is -5.31. The maximum atomic E-state index is 14.4. The first-order valence-corrected chi connectivity index (χ1v) is 20.1. The molecule has 0 atom stereocenters. The van der Waals surface area contributed by atoms with Crippen molar-refractivity contribution in [1.82, 2.24) is 49.1 Å². The van der Waals surface area contributed by atoms with E-state index in [1.807, 2.05) is 0 Å². The predicted molar refractivity (Wildman–Crippen MR) is 204 cm³/mol. The van der Waals surface area contributed by atoms with E-state index in [0.29, 0.717) is 12.8 Å². The fourth-order valence-corrected chi connectivity index (χ4v) is 6.05. The molecule has 0 aromatic carbocycles. The third-order valence-corrected chi connectivity index (χ3v) is 10.2. The third-order valence-electron chi connectivity index (χ3n) is 9.69. The Balaban J connectivity index is 0.000000309. The SMILES string of the molecule is C.C.COC(F)(F)c1nnc2cnc(-c3cnc(OC4(C(F)(F)F)CCC4)c(F)c3)cn12.Fc1cc(-c2cn3c(C(F)(F)Cl)nnc3cn2)cnc1OC1(C(F)(F)F)CCC1.O=[S-](=O)C(F)(F)F.[O]=[Ag]. The van der Waals surface area contributed by atoms with Gasteiger partial charge in [0.2, 0.25) is 22.9 Å². The van der Waals surface area contributed by atoms with Crippen molar-refractivity contribution in [1.29, 1.82) is 0 Å². The summed E-state index contributed by atoms with van der Waals surface area (Å²) in [5.41, 5.74) is -10.0. The Labute approximate surface area is 402 Å². The van der Waals surface area contributed by atoms with Crippen LogP contribution in [-0.2, 0) is 59.6 Å².